The first-order valence-electron chi connectivity index (χ1n) is 9.78. The first-order chi connectivity index (χ1) is 13.9. The molecule has 0 saturated heterocycles. The van der Waals surface area contributed by atoms with Gasteiger partial charge in [-0.3, -0.25) is 9.78 Å². The minimum atomic E-state index is -3.78. The first kappa shape index (κ1) is 21.4. The highest BCUT2D eigenvalue weighted by molar-refractivity contribution is 7.89. The highest BCUT2D eigenvalue weighted by atomic mass is 32.2. The average molecular weight is 420 g/mol. The van der Waals surface area contributed by atoms with E-state index in [-0.39, 0.29) is 29.2 Å². The summed E-state index contributed by atoms with van der Waals surface area (Å²) in [6.45, 7) is 0.257. The van der Waals surface area contributed by atoms with Crippen LogP contribution in [0.1, 0.15) is 31.2 Å². The van der Waals surface area contributed by atoms with Crippen molar-refractivity contribution < 1.29 is 17.6 Å². The number of benzene rings is 1. The molecule has 1 aromatic heterocycles. The summed E-state index contributed by atoms with van der Waals surface area (Å²) in [4.78, 5) is 18.8. The lowest BCUT2D eigenvalue weighted by atomic mass is 10.1. The number of rotatable bonds is 8. The van der Waals surface area contributed by atoms with E-state index >= 15 is 0 Å². The van der Waals surface area contributed by atoms with Crippen molar-refractivity contribution in [3.8, 4) is 0 Å². The number of halogens is 1. The third-order valence-corrected chi connectivity index (χ3v) is 7.13. The summed E-state index contributed by atoms with van der Waals surface area (Å²) in [5.41, 5.74) is 0.943. The van der Waals surface area contributed by atoms with Crippen LogP contribution in [0.4, 0.5) is 4.39 Å². The van der Waals surface area contributed by atoms with Crippen molar-refractivity contribution in [2.45, 2.75) is 43.0 Å². The molecule has 1 saturated carbocycles. The molecule has 0 aliphatic heterocycles. The van der Waals surface area contributed by atoms with Crippen molar-refractivity contribution in [2.75, 3.05) is 20.1 Å². The Balaban J connectivity index is 1.69. The van der Waals surface area contributed by atoms with Crippen LogP contribution in [0.2, 0.25) is 0 Å². The van der Waals surface area contributed by atoms with Crippen LogP contribution in [0.25, 0.3) is 0 Å². The number of amides is 1. The highest BCUT2D eigenvalue weighted by Gasteiger charge is 2.30. The number of likely N-dealkylation sites (N-methyl/N-ethyl adjacent to an activating group) is 1. The predicted molar refractivity (Wildman–Crippen MR) is 108 cm³/mol. The lowest BCUT2D eigenvalue weighted by Gasteiger charge is -2.30. The van der Waals surface area contributed by atoms with Crippen LogP contribution >= 0.6 is 0 Å². The van der Waals surface area contributed by atoms with E-state index in [1.807, 2.05) is 0 Å². The second-order valence-corrected chi connectivity index (χ2v) is 9.40. The van der Waals surface area contributed by atoms with Gasteiger partial charge < -0.3 is 4.90 Å². The molecule has 1 aliphatic carbocycles. The van der Waals surface area contributed by atoms with E-state index in [9.17, 15) is 17.6 Å². The molecule has 6 nitrogen and oxygen atoms in total. The number of pyridine rings is 1. The SMILES string of the molecule is CN(CC(=O)N(CCc1ccc(F)cc1)C1CCCC1)S(=O)(=O)c1cccnc1. The van der Waals surface area contributed by atoms with Crippen molar-refractivity contribution in [3.63, 3.8) is 0 Å². The van der Waals surface area contributed by atoms with Gasteiger partial charge in [-0.15, -0.1) is 0 Å². The Kier molecular flexibility index (Phi) is 6.97. The Labute approximate surface area is 171 Å². The average Bonchev–Trinajstić information content (AvgIpc) is 3.24. The van der Waals surface area contributed by atoms with E-state index < -0.39 is 10.0 Å². The van der Waals surface area contributed by atoms with Crippen LogP contribution < -0.4 is 0 Å². The highest BCUT2D eigenvalue weighted by Crippen LogP contribution is 2.24. The van der Waals surface area contributed by atoms with Gasteiger partial charge in [0.25, 0.3) is 0 Å². The molecule has 1 amide bonds. The normalized spacial score (nSPS) is 15.0. The van der Waals surface area contributed by atoms with E-state index in [1.165, 1.54) is 37.6 Å². The van der Waals surface area contributed by atoms with Crippen LogP contribution in [0.15, 0.2) is 53.7 Å². The predicted octanol–water partition coefficient (Wildman–Crippen LogP) is 2.86. The van der Waals surface area contributed by atoms with Gasteiger partial charge >= 0.3 is 0 Å². The van der Waals surface area contributed by atoms with Crippen LogP contribution in [0.3, 0.4) is 0 Å². The van der Waals surface area contributed by atoms with Crippen LogP contribution in [0, 0.1) is 5.82 Å². The Hall–Kier alpha value is -2.32. The summed E-state index contributed by atoms with van der Waals surface area (Å²) in [6.07, 6.45) is 7.36. The number of aromatic nitrogens is 1. The molecule has 1 heterocycles. The van der Waals surface area contributed by atoms with Crippen molar-refractivity contribution in [3.05, 3.63) is 60.2 Å². The largest absolute Gasteiger partial charge is 0.338 e. The van der Waals surface area contributed by atoms with E-state index in [1.54, 1.807) is 23.1 Å². The molecular formula is C21H26FN3O3S. The zero-order valence-corrected chi connectivity index (χ0v) is 17.3. The second kappa shape index (κ2) is 9.45. The second-order valence-electron chi connectivity index (χ2n) is 7.35. The third kappa shape index (κ3) is 5.39. The maximum Gasteiger partial charge on any atom is 0.244 e. The molecule has 0 atom stereocenters. The lowest BCUT2D eigenvalue weighted by Crippen LogP contribution is -2.46. The molecule has 0 bridgehead atoms. The van der Waals surface area contributed by atoms with Gasteiger partial charge in [0.1, 0.15) is 10.7 Å². The molecule has 0 radical (unpaired) electrons. The molecule has 1 aliphatic rings. The van der Waals surface area contributed by atoms with Crippen LogP contribution in [0.5, 0.6) is 0 Å². The Bertz CT molecular complexity index is 914. The maximum atomic E-state index is 13.1. The van der Waals surface area contributed by atoms with Crippen LogP contribution in [-0.4, -0.2) is 54.7 Å². The molecule has 156 valence electrons. The minimum absolute atomic E-state index is 0.0639. The Morgan fingerprint density at radius 3 is 2.48 bits per heavy atom. The number of nitrogens with zero attached hydrogens (tertiary/aromatic N) is 3. The Morgan fingerprint density at radius 1 is 1.17 bits per heavy atom. The van der Waals surface area contributed by atoms with Gasteiger partial charge in [0, 0.05) is 32.0 Å². The topological polar surface area (TPSA) is 70.6 Å². The molecule has 0 N–H and O–H groups in total. The summed E-state index contributed by atoms with van der Waals surface area (Å²) in [6, 6.07) is 9.38. The first-order valence-corrected chi connectivity index (χ1v) is 11.2. The van der Waals surface area contributed by atoms with Crippen molar-refractivity contribution in [1.82, 2.24) is 14.2 Å². The van der Waals surface area contributed by atoms with Crippen LogP contribution in [-0.2, 0) is 21.2 Å². The van der Waals surface area contributed by atoms with Gasteiger partial charge in [-0.05, 0) is 49.1 Å². The lowest BCUT2D eigenvalue weighted by molar-refractivity contribution is -0.133. The van der Waals surface area contributed by atoms with Crippen molar-refractivity contribution >= 4 is 15.9 Å². The molecular weight excluding hydrogens is 393 g/mol. The summed E-state index contributed by atoms with van der Waals surface area (Å²) >= 11 is 0. The maximum absolute atomic E-state index is 13.1. The molecule has 3 rings (SSSR count). The number of carbonyl (C=O) groups is 1. The molecule has 8 heteroatoms. The fourth-order valence-electron chi connectivity index (χ4n) is 3.67. The summed E-state index contributed by atoms with van der Waals surface area (Å²) < 4.78 is 39.6. The van der Waals surface area contributed by atoms with Gasteiger partial charge in [0.15, 0.2) is 0 Å². The number of sulfonamides is 1. The molecule has 0 spiro atoms. The number of hydrogen-bond acceptors (Lipinski definition) is 4. The molecule has 29 heavy (non-hydrogen) atoms. The zero-order valence-electron chi connectivity index (χ0n) is 16.5. The van der Waals surface area contributed by atoms with Gasteiger partial charge in [-0.2, -0.15) is 4.31 Å². The summed E-state index contributed by atoms with van der Waals surface area (Å²) in [7, 11) is -2.37. The number of carbonyl (C=O) groups excluding carboxylic acids is 1. The molecule has 1 fully saturated rings. The summed E-state index contributed by atoms with van der Waals surface area (Å²) in [5.74, 6) is -0.506. The Morgan fingerprint density at radius 2 is 1.86 bits per heavy atom. The van der Waals surface area contributed by atoms with E-state index in [2.05, 4.69) is 4.98 Å². The van der Waals surface area contributed by atoms with Gasteiger partial charge in [-0.25, -0.2) is 12.8 Å². The van der Waals surface area contributed by atoms with Crippen molar-refractivity contribution in [2.24, 2.45) is 0 Å². The fourth-order valence-corrected chi connectivity index (χ4v) is 4.76. The zero-order chi connectivity index (χ0) is 20.9. The molecule has 2 aromatic rings. The van der Waals surface area contributed by atoms with Gasteiger partial charge in [0.05, 0.1) is 6.54 Å². The third-order valence-electron chi connectivity index (χ3n) is 5.34. The smallest absolute Gasteiger partial charge is 0.244 e. The minimum Gasteiger partial charge on any atom is -0.338 e. The standard InChI is InChI=1S/C21H26FN3O3S/c1-24(29(27,28)20-7-4-13-23-15-20)16-21(26)25(19-5-2-3-6-19)14-12-17-8-10-18(22)11-9-17/h4,7-11,13,15,19H,2-3,5-6,12,14,16H2,1H3. The molecule has 1 aromatic carbocycles. The van der Waals surface area contributed by atoms with E-state index in [0.717, 1.165) is 35.6 Å². The number of hydrogen-bond donors (Lipinski definition) is 0. The van der Waals surface area contributed by atoms with Crippen molar-refractivity contribution in [1.29, 1.82) is 0 Å². The van der Waals surface area contributed by atoms with E-state index in [0.29, 0.717) is 13.0 Å². The van der Waals surface area contributed by atoms with Gasteiger partial charge in [-0.1, -0.05) is 25.0 Å². The van der Waals surface area contributed by atoms with Gasteiger partial charge in [0.2, 0.25) is 15.9 Å². The quantitative estimate of drug-likeness (QED) is 0.660. The molecule has 0 unspecified atom stereocenters. The monoisotopic (exact) mass is 419 g/mol. The fraction of sp³-hybridized carbons (Fsp3) is 0.429. The van der Waals surface area contributed by atoms with E-state index in [4.69, 9.17) is 0 Å². The summed E-state index contributed by atoms with van der Waals surface area (Å²) in [5, 5.41) is 0.